The second kappa shape index (κ2) is 7.07. The molecule has 10 heteroatoms. The van der Waals surface area contributed by atoms with Gasteiger partial charge in [-0.05, 0) is 30.7 Å². The standard InChI is InChI=1S/C21H14ClFN4O3S/c1-9-6-25-14-7-24-8-15(18(9)14)27-20(28)19-13(26-21(27)29)5-17(31-19)10-3-16(30-2)12(23)4-11(10)22/h3-8,25H,1-2H3,(H,26,29). The van der Waals surface area contributed by atoms with Crippen molar-refractivity contribution >= 4 is 44.1 Å². The SMILES string of the molecule is COc1cc(-c2cc3[nH]c(=O)n(-c4cncc5[nH]cc(C)c45)c(=O)c3s2)c(Cl)cc1F. The quantitative estimate of drug-likeness (QED) is 0.421. The first kappa shape index (κ1) is 19.5. The van der Waals surface area contributed by atoms with Crippen LogP contribution in [0, 0.1) is 12.7 Å². The summed E-state index contributed by atoms with van der Waals surface area (Å²) in [4.78, 5) is 36.8. The van der Waals surface area contributed by atoms with Gasteiger partial charge in [-0.15, -0.1) is 11.3 Å². The van der Waals surface area contributed by atoms with Crippen molar-refractivity contribution in [2.75, 3.05) is 7.11 Å². The van der Waals surface area contributed by atoms with Crippen LogP contribution in [0.2, 0.25) is 5.02 Å². The van der Waals surface area contributed by atoms with Crippen LogP contribution in [-0.2, 0) is 0 Å². The molecule has 0 fully saturated rings. The van der Waals surface area contributed by atoms with E-state index in [2.05, 4.69) is 15.0 Å². The Morgan fingerprint density at radius 3 is 2.77 bits per heavy atom. The number of thiophene rings is 1. The van der Waals surface area contributed by atoms with Gasteiger partial charge in [-0.2, -0.15) is 0 Å². The van der Waals surface area contributed by atoms with Gasteiger partial charge in [0, 0.05) is 22.0 Å². The van der Waals surface area contributed by atoms with Gasteiger partial charge in [0.05, 0.1) is 41.2 Å². The molecular weight excluding hydrogens is 443 g/mol. The lowest BCUT2D eigenvalue weighted by molar-refractivity contribution is 0.387. The summed E-state index contributed by atoms with van der Waals surface area (Å²) in [6.07, 6.45) is 4.92. The van der Waals surface area contributed by atoms with Crippen LogP contribution < -0.4 is 16.0 Å². The number of aromatic nitrogens is 4. The Morgan fingerprint density at radius 1 is 1.19 bits per heavy atom. The van der Waals surface area contributed by atoms with Crippen molar-refractivity contribution in [3.8, 4) is 21.9 Å². The summed E-state index contributed by atoms with van der Waals surface area (Å²) in [5, 5.41) is 0.912. The lowest BCUT2D eigenvalue weighted by Gasteiger charge is -2.06. The lowest BCUT2D eigenvalue weighted by atomic mass is 10.1. The van der Waals surface area contributed by atoms with Crippen molar-refractivity contribution in [2.45, 2.75) is 6.92 Å². The van der Waals surface area contributed by atoms with Gasteiger partial charge in [-0.3, -0.25) is 9.78 Å². The molecule has 0 aliphatic carbocycles. The van der Waals surface area contributed by atoms with Gasteiger partial charge >= 0.3 is 5.69 Å². The van der Waals surface area contributed by atoms with Crippen molar-refractivity contribution in [1.29, 1.82) is 0 Å². The third-order valence-corrected chi connectivity index (χ3v) is 6.56. The number of nitrogens with zero attached hydrogens (tertiary/aromatic N) is 2. The zero-order chi connectivity index (χ0) is 21.9. The number of aryl methyl sites for hydroxylation is 1. The summed E-state index contributed by atoms with van der Waals surface area (Å²) in [6.45, 7) is 1.88. The highest BCUT2D eigenvalue weighted by molar-refractivity contribution is 7.22. The molecule has 0 radical (unpaired) electrons. The first-order valence-corrected chi connectivity index (χ1v) is 10.3. The van der Waals surface area contributed by atoms with Crippen molar-refractivity contribution in [3.05, 3.63) is 74.0 Å². The minimum Gasteiger partial charge on any atom is -0.494 e. The summed E-state index contributed by atoms with van der Waals surface area (Å²) in [6, 6.07) is 4.26. The minimum atomic E-state index is -0.587. The smallest absolute Gasteiger partial charge is 0.333 e. The molecule has 2 N–H and O–H groups in total. The molecule has 5 rings (SSSR count). The third-order valence-electron chi connectivity index (χ3n) is 5.09. The molecule has 0 bridgehead atoms. The summed E-state index contributed by atoms with van der Waals surface area (Å²) < 4.78 is 20.4. The molecule has 0 saturated carbocycles. The van der Waals surface area contributed by atoms with Crippen molar-refractivity contribution in [2.24, 2.45) is 0 Å². The van der Waals surface area contributed by atoms with E-state index in [1.807, 2.05) is 6.92 Å². The number of ether oxygens (including phenoxy) is 1. The predicted molar refractivity (Wildman–Crippen MR) is 119 cm³/mol. The second-order valence-corrected chi connectivity index (χ2v) is 8.40. The van der Waals surface area contributed by atoms with Crippen LogP contribution in [0.5, 0.6) is 5.75 Å². The third kappa shape index (κ3) is 2.96. The average Bonchev–Trinajstić information content (AvgIpc) is 3.32. The molecule has 156 valence electrons. The maximum atomic E-state index is 13.9. The van der Waals surface area contributed by atoms with Crippen LogP contribution in [0.3, 0.4) is 0 Å². The van der Waals surface area contributed by atoms with Crippen LogP contribution in [0.15, 0.2) is 46.4 Å². The Balaban J connectivity index is 1.78. The summed E-state index contributed by atoms with van der Waals surface area (Å²) in [7, 11) is 1.36. The Morgan fingerprint density at radius 2 is 2.00 bits per heavy atom. The number of halogens is 2. The molecule has 5 aromatic rings. The van der Waals surface area contributed by atoms with Crippen LogP contribution in [0.4, 0.5) is 4.39 Å². The molecule has 1 aromatic carbocycles. The summed E-state index contributed by atoms with van der Waals surface area (Å²) in [5.74, 6) is -0.556. The highest BCUT2D eigenvalue weighted by Gasteiger charge is 2.19. The van der Waals surface area contributed by atoms with Gasteiger partial charge in [-0.25, -0.2) is 13.8 Å². The van der Waals surface area contributed by atoms with E-state index >= 15 is 0 Å². The molecular formula is C21H14ClFN4O3S. The fourth-order valence-electron chi connectivity index (χ4n) is 3.63. The largest absolute Gasteiger partial charge is 0.494 e. The van der Waals surface area contributed by atoms with E-state index in [1.165, 1.54) is 19.4 Å². The monoisotopic (exact) mass is 456 g/mol. The highest BCUT2D eigenvalue weighted by atomic mass is 35.5. The Hall–Kier alpha value is -3.43. The first-order chi connectivity index (χ1) is 14.9. The number of pyridine rings is 1. The number of H-pyrrole nitrogens is 2. The fourth-order valence-corrected chi connectivity index (χ4v) is 5.02. The van der Waals surface area contributed by atoms with E-state index in [0.717, 1.165) is 38.4 Å². The fraction of sp³-hybridized carbons (Fsp3) is 0.0952. The number of methoxy groups -OCH3 is 1. The molecule has 0 amide bonds. The van der Waals surface area contributed by atoms with Gasteiger partial charge in [0.15, 0.2) is 11.6 Å². The van der Waals surface area contributed by atoms with Crippen molar-refractivity contribution < 1.29 is 9.13 Å². The summed E-state index contributed by atoms with van der Waals surface area (Å²) in [5.41, 5.74) is 1.81. The maximum absolute atomic E-state index is 13.9. The number of aromatic amines is 2. The van der Waals surface area contributed by atoms with Gasteiger partial charge in [0.1, 0.15) is 4.70 Å². The number of rotatable bonds is 3. The molecule has 0 saturated heterocycles. The number of nitrogens with one attached hydrogen (secondary N) is 2. The molecule has 0 aliphatic rings. The van der Waals surface area contributed by atoms with E-state index in [4.69, 9.17) is 16.3 Å². The highest BCUT2D eigenvalue weighted by Crippen LogP contribution is 2.38. The normalized spacial score (nSPS) is 11.5. The van der Waals surface area contributed by atoms with E-state index in [-0.39, 0.29) is 10.8 Å². The molecule has 0 atom stereocenters. The number of fused-ring (bicyclic) bond motifs is 2. The topological polar surface area (TPSA) is 92.8 Å². The lowest BCUT2D eigenvalue weighted by Crippen LogP contribution is -2.33. The van der Waals surface area contributed by atoms with Crippen LogP contribution in [0.1, 0.15) is 5.56 Å². The van der Waals surface area contributed by atoms with Gasteiger partial charge in [-0.1, -0.05) is 11.6 Å². The van der Waals surface area contributed by atoms with Gasteiger partial charge in [0.2, 0.25) is 0 Å². The molecule has 4 heterocycles. The molecule has 4 aromatic heterocycles. The van der Waals surface area contributed by atoms with E-state index < -0.39 is 17.1 Å². The number of hydrogen-bond acceptors (Lipinski definition) is 5. The molecule has 0 aliphatic heterocycles. The Labute approximate surface area is 182 Å². The Kier molecular flexibility index (Phi) is 4.45. The van der Waals surface area contributed by atoms with Crippen molar-refractivity contribution in [1.82, 2.24) is 19.5 Å². The minimum absolute atomic E-state index is 0.0310. The van der Waals surface area contributed by atoms with Crippen LogP contribution in [0.25, 0.3) is 37.2 Å². The van der Waals surface area contributed by atoms with E-state index in [9.17, 15) is 14.0 Å². The van der Waals surface area contributed by atoms with E-state index in [0.29, 0.717) is 26.3 Å². The Bertz CT molecular complexity index is 1620. The number of benzene rings is 1. The molecule has 0 unspecified atom stereocenters. The van der Waals surface area contributed by atoms with Crippen LogP contribution in [-0.4, -0.2) is 26.6 Å². The van der Waals surface area contributed by atoms with Gasteiger partial charge in [0.25, 0.3) is 5.56 Å². The predicted octanol–water partition coefficient (Wildman–Crippen LogP) is 4.39. The maximum Gasteiger partial charge on any atom is 0.333 e. The zero-order valence-electron chi connectivity index (χ0n) is 16.2. The first-order valence-electron chi connectivity index (χ1n) is 9.13. The molecule has 31 heavy (non-hydrogen) atoms. The summed E-state index contributed by atoms with van der Waals surface area (Å²) >= 11 is 7.38. The average molecular weight is 457 g/mol. The molecule has 7 nitrogen and oxygen atoms in total. The number of hydrogen-bond donors (Lipinski definition) is 2. The van der Waals surface area contributed by atoms with E-state index in [1.54, 1.807) is 18.5 Å². The van der Waals surface area contributed by atoms with Crippen LogP contribution >= 0.6 is 22.9 Å². The second-order valence-electron chi connectivity index (χ2n) is 6.94. The van der Waals surface area contributed by atoms with Crippen molar-refractivity contribution in [3.63, 3.8) is 0 Å². The van der Waals surface area contributed by atoms with Gasteiger partial charge < -0.3 is 14.7 Å². The molecule has 0 spiro atoms. The zero-order valence-corrected chi connectivity index (χ0v) is 17.8.